The molecule has 2 aromatic rings. The molecule has 3 rings (SSSR count). The third kappa shape index (κ3) is 3.33. The van der Waals surface area contributed by atoms with Gasteiger partial charge in [-0.2, -0.15) is 5.10 Å². The molecule has 1 fully saturated rings. The Labute approximate surface area is 134 Å². The third-order valence-corrected chi connectivity index (χ3v) is 4.31. The number of aromatic nitrogens is 4. The SMILES string of the molecule is Cc1nn(C)cc1-c1cc(C(F)F)nc(N2CCC(C)CC2)n1. The van der Waals surface area contributed by atoms with E-state index in [1.807, 2.05) is 11.8 Å². The van der Waals surface area contributed by atoms with Crippen LogP contribution in [0, 0.1) is 12.8 Å². The molecular formula is C16H21F2N5. The molecule has 0 spiro atoms. The van der Waals surface area contributed by atoms with E-state index in [2.05, 4.69) is 22.0 Å². The summed E-state index contributed by atoms with van der Waals surface area (Å²) in [6.07, 6.45) is 1.25. The van der Waals surface area contributed by atoms with Crippen LogP contribution in [0.3, 0.4) is 0 Å². The number of aryl methyl sites for hydroxylation is 2. The van der Waals surface area contributed by atoms with Crippen molar-refractivity contribution in [3.8, 4) is 11.3 Å². The maximum absolute atomic E-state index is 13.2. The minimum absolute atomic E-state index is 0.230. The van der Waals surface area contributed by atoms with Gasteiger partial charge in [0.2, 0.25) is 5.95 Å². The number of hydrogen-bond donors (Lipinski definition) is 0. The van der Waals surface area contributed by atoms with Crippen molar-refractivity contribution in [1.82, 2.24) is 19.7 Å². The predicted octanol–water partition coefficient (Wildman–Crippen LogP) is 3.36. The zero-order valence-corrected chi connectivity index (χ0v) is 13.6. The molecule has 0 N–H and O–H groups in total. The lowest BCUT2D eigenvalue weighted by molar-refractivity contribution is 0.146. The van der Waals surface area contributed by atoms with Crippen molar-refractivity contribution in [2.45, 2.75) is 33.1 Å². The molecule has 23 heavy (non-hydrogen) atoms. The predicted molar refractivity (Wildman–Crippen MR) is 84.5 cm³/mol. The lowest BCUT2D eigenvalue weighted by atomic mass is 10.00. The van der Waals surface area contributed by atoms with E-state index in [1.54, 1.807) is 17.9 Å². The molecular weight excluding hydrogens is 300 g/mol. The summed E-state index contributed by atoms with van der Waals surface area (Å²) in [5, 5.41) is 4.27. The Hall–Kier alpha value is -2.05. The van der Waals surface area contributed by atoms with Gasteiger partial charge in [0, 0.05) is 31.9 Å². The van der Waals surface area contributed by atoms with E-state index < -0.39 is 6.43 Å². The summed E-state index contributed by atoms with van der Waals surface area (Å²) in [5.74, 6) is 1.05. The number of piperidine rings is 1. The molecule has 3 heterocycles. The highest BCUT2D eigenvalue weighted by atomic mass is 19.3. The van der Waals surface area contributed by atoms with Gasteiger partial charge in [0.15, 0.2) is 0 Å². The molecule has 0 atom stereocenters. The van der Waals surface area contributed by atoms with Crippen molar-refractivity contribution in [1.29, 1.82) is 0 Å². The first-order valence-electron chi connectivity index (χ1n) is 7.86. The van der Waals surface area contributed by atoms with Gasteiger partial charge >= 0.3 is 0 Å². The minimum Gasteiger partial charge on any atom is -0.341 e. The van der Waals surface area contributed by atoms with Gasteiger partial charge in [0.25, 0.3) is 6.43 Å². The van der Waals surface area contributed by atoms with E-state index in [4.69, 9.17) is 0 Å². The van der Waals surface area contributed by atoms with E-state index in [9.17, 15) is 8.78 Å². The van der Waals surface area contributed by atoms with E-state index >= 15 is 0 Å². The maximum atomic E-state index is 13.2. The average molecular weight is 321 g/mol. The van der Waals surface area contributed by atoms with Crippen LogP contribution in [0.25, 0.3) is 11.3 Å². The second kappa shape index (κ2) is 6.22. The third-order valence-electron chi connectivity index (χ3n) is 4.31. The molecule has 2 aromatic heterocycles. The van der Waals surface area contributed by atoms with Crippen molar-refractivity contribution in [3.63, 3.8) is 0 Å². The molecule has 7 heteroatoms. The first kappa shape index (κ1) is 15.8. The van der Waals surface area contributed by atoms with Gasteiger partial charge in [-0.15, -0.1) is 0 Å². The monoisotopic (exact) mass is 321 g/mol. The van der Waals surface area contributed by atoms with Crippen molar-refractivity contribution < 1.29 is 8.78 Å². The Balaban J connectivity index is 2.01. The zero-order valence-electron chi connectivity index (χ0n) is 13.6. The van der Waals surface area contributed by atoms with Crippen LogP contribution >= 0.6 is 0 Å². The number of rotatable bonds is 3. The number of hydrogen-bond acceptors (Lipinski definition) is 4. The van der Waals surface area contributed by atoms with Crippen LogP contribution in [0.1, 0.15) is 37.6 Å². The van der Waals surface area contributed by atoms with Crippen LogP contribution < -0.4 is 4.90 Å². The Kier molecular flexibility index (Phi) is 4.28. The summed E-state index contributed by atoms with van der Waals surface area (Å²) in [5.41, 5.74) is 1.81. The minimum atomic E-state index is -2.61. The molecule has 0 amide bonds. The van der Waals surface area contributed by atoms with Crippen LogP contribution in [-0.2, 0) is 7.05 Å². The van der Waals surface area contributed by atoms with Crippen LogP contribution in [-0.4, -0.2) is 32.8 Å². The maximum Gasteiger partial charge on any atom is 0.280 e. The second-order valence-electron chi connectivity index (χ2n) is 6.25. The summed E-state index contributed by atoms with van der Waals surface area (Å²) in [4.78, 5) is 10.6. The van der Waals surface area contributed by atoms with Crippen molar-refractivity contribution in [2.24, 2.45) is 13.0 Å². The van der Waals surface area contributed by atoms with Crippen LogP contribution in [0.15, 0.2) is 12.3 Å². The Bertz CT molecular complexity index is 690. The number of alkyl halides is 2. The molecule has 0 aliphatic carbocycles. The highest BCUT2D eigenvalue weighted by Crippen LogP contribution is 2.28. The van der Waals surface area contributed by atoms with Crippen molar-refractivity contribution in [3.05, 3.63) is 23.7 Å². The second-order valence-corrected chi connectivity index (χ2v) is 6.25. The average Bonchev–Trinajstić information content (AvgIpc) is 2.86. The van der Waals surface area contributed by atoms with E-state index in [-0.39, 0.29) is 5.69 Å². The fourth-order valence-corrected chi connectivity index (χ4v) is 2.90. The van der Waals surface area contributed by atoms with Gasteiger partial charge in [-0.25, -0.2) is 18.7 Å². The molecule has 0 aromatic carbocycles. The molecule has 1 aliphatic rings. The van der Waals surface area contributed by atoms with Gasteiger partial charge < -0.3 is 4.90 Å². The first-order chi connectivity index (χ1) is 10.9. The summed E-state index contributed by atoms with van der Waals surface area (Å²) in [7, 11) is 1.80. The van der Waals surface area contributed by atoms with Crippen LogP contribution in [0.4, 0.5) is 14.7 Å². The molecule has 1 aliphatic heterocycles. The highest BCUT2D eigenvalue weighted by Gasteiger charge is 2.22. The zero-order chi connectivity index (χ0) is 16.6. The lowest BCUT2D eigenvalue weighted by Crippen LogP contribution is -2.34. The van der Waals surface area contributed by atoms with Crippen molar-refractivity contribution in [2.75, 3.05) is 18.0 Å². The summed E-state index contributed by atoms with van der Waals surface area (Å²) in [6, 6.07) is 1.37. The molecule has 0 bridgehead atoms. The fourth-order valence-electron chi connectivity index (χ4n) is 2.90. The molecule has 0 unspecified atom stereocenters. The standard InChI is InChI=1S/C16H21F2N5/c1-10-4-6-23(7-5-10)16-19-13(8-14(20-16)15(17)18)12-9-22(3)21-11(12)2/h8-10,15H,4-7H2,1-3H3. The molecule has 0 saturated carbocycles. The van der Waals surface area contributed by atoms with E-state index in [0.29, 0.717) is 17.6 Å². The molecule has 124 valence electrons. The first-order valence-corrected chi connectivity index (χ1v) is 7.86. The topological polar surface area (TPSA) is 46.8 Å². The Morgan fingerprint density at radius 3 is 2.48 bits per heavy atom. The van der Waals surface area contributed by atoms with E-state index in [0.717, 1.165) is 37.2 Å². The lowest BCUT2D eigenvalue weighted by Gasteiger charge is -2.30. The fraction of sp³-hybridized carbons (Fsp3) is 0.562. The van der Waals surface area contributed by atoms with Gasteiger partial charge in [0.1, 0.15) is 5.69 Å². The molecule has 1 saturated heterocycles. The van der Waals surface area contributed by atoms with Crippen LogP contribution in [0.5, 0.6) is 0 Å². The largest absolute Gasteiger partial charge is 0.341 e. The highest BCUT2D eigenvalue weighted by molar-refractivity contribution is 5.62. The summed E-state index contributed by atoms with van der Waals surface area (Å²) < 4.78 is 28.2. The number of halogens is 2. The van der Waals surface area contributed by atoms with Gasteiger partial charge in [-0.3, -0.25) is 4.68 Å². The quantitative estimate of drug-likeness (QED) is 0.870. The molecule has 0 radical (unpaired) electrons. The van der Waals surface area contributed by atoms with E-state index in [1.165, 1.54) is 6.07 Å². The number of nitrogens with zero attached hydrogens (tertiary/aromatic N) is 5. The Morgan fingerprint density at radius 1 is 1.22 bits per heavy atom. The smallest absolute Gasteiger partial charge is 0.280 e. The van der Waals surface area contributed by atoms with Crippen molar-refractivity contribution >= 4 is 5.95 Å². The molecule has 5 nitrogen and oxygen atoms in total. The van der Waals surface area contributed by atoms with Crippen LogP contribution in [0.2, 0.25) is 0 Å². The normalized spacial score (nSPS) is 16.3. The van der Waals surface area contributed by atoms with Gasteiger partial charge in [-0.1, -0.05) is 6.92 Å². The summed E-state index contributed by atoms with van der Waals surface area (Å²) >= 11 is 0. The number of anilines is 1. The van der Waals surface area contributed by atoms with Gasteiger partial charge in [-0.05, 0) is 31.7 Å². The Morgan fingerprint density at radius 2 is 1.91 bits per heavy atom. The van der Waals surface area contributed by atoms with Gasteiger partial charge in [0.05, 0.1) is 11.4 Å². The summed E-state index contributed by atoms with van der Waals surface area (Å²) in [6.45, 7) is 5.67.